The van der Waals surface area contributed by atoms with Gasteiger partial charge in [0.05, 0.1) is 18.6 Å². The average molecular weight is 307 g/mol. The lowest BCUT2D eigenvalue weighted by molar-refractivity contribution is -0.139. The number of amides is 1. The maximum atomic E-state index is 12.1. The van der Waals surface area contributed by atoms with Crippen molar-refractivity contribution in [2.45, 2.75) is 32.2 Å². The summed E-state index contributed by atoms with van der Waals surface area (Å²) in [6.07, 6.45) is 0.344. The van der Waals surface area contributed by atoms with E-state index in [0.29, 0.717) is 18.8 Å². The highest BCUT2D eigenvalue weighted by Crippen LogP contribution is 2.23. The van der Waals surface area contributed by atoms with Gasteiger partial charge in [0.2, 0.25) is 0 Å². The monoisotopic (exact) mass is 307 g/mol. The maximum absolute atomic E-state index is 12.1. The first-order chi connectivity index (χ1) is 10.4. The summed E-state index contributed by atoms with van der Waals surface area (Å²) >= 11 is 0. The fourth-order valence-electron chi connectivity index (χ4n) is 2.62. The van der Waals surface area contributed by atoms with Crippen molar-refractivity contribution in [3.8, 4) is 5.75 Å². The second-order valence-electron chi connectivity index (χ2n) is 5.76. The second kappa shape index (κ2) is 6.79. The number of carboxylic acid groups (broad SMARTS) is 1. The highest BCUT2D eigenvalue weighted by atomic mass is 16.5. The van der Waals surface area contributed by atoms with E-state index in [2.05, 4.69) is 5.32 Å². The third kappa shape index (κ3) is 4.21. The van der Waals surface area contributed by atoms with Crippen LogP contribution in [0.3, 0.4) is 0 Å². The molecule has 1 aliphatic heterocycles. The van der Waals surface area contributed by atoms with E-state index >= 15 is 0 Å². The molecule has 1 unspecified atom stereocenters. The van der Waals surface area contributed by atoms with E-state index in [1.54, 1.807) is 0 Å². The normalized spacial score (nSPS) is 20.6. The van der Waals surface area contributed by atoms with Gasteiger partial charge in [-0.05, 0) is 31.9 Å². The van der Waals surface area contributed by atoms with Gasteiger partial charge in [0, 0.05) is 6.61 Å². The Kier molecular flexibility index (Phi) is 5.03. The van der Waals surface area contributed by atoms with Crippen molar-refractivity contribution in [3.63, 3.8) is 0 Å². The van der Waals surface area contributed by atoms with Crippen LogP contribution in [0.1, 0.15) is 24.0 Å². The average Bonchev–Trinajstić information content (AvgIpc) is 2.84. The Morgan fingerprint density at radius 2 is 2.18 bits per heavy atom. The summed E-state index contributed by atoms with van der Waals surface area (Å²) in [5.41, 5.74) is 1.25. The molecule has 1 atom stereocenters. The Balaban J connectivity index is 1.92. The maximum Gasteiger partial charge on any atom is 0.305 e. The molecule has 2 N–H and O–H groups in total. The van der Waals surface area contributed by atoms with Crippen LogP contribution in [-0.4, -0.2) is 42.3 Å². The van der Waals surface area contributed by atoms with Gasteiger partial charge in [-0.2, -0.15) is 0 Å². The van der Waals surface area contributed by atoms with Crippen molar-refractivity contribution in [2.24, 2.45) is 0 Å². The van der Waals surface area contributed by atoms with Gasteiger partial charge in [0.15, 0.2) is 6.61 Å². The Morgan fingerprint density at radius 3 is 2.77 bits per heavy atom. The number of hydrogen-bond donors (Lipinski definition) is 2. The Labute approximate surface area is 129 Å². The highest BCUT2D eigenvalue weighted by Gasteiger charge is 2.38. The molecule has 120 valence electrons. The quantitative estimate of drug-likeness (QED) is 0.830. The van der Waals surface area contributed by atoms with Gasteiger partial charge in [0.25, 0.3) is 5.91 Å². The number of ether oxygens (including phenoxy) is 2. The number of hydrogen-bond acceptors (Lipinski definition) is 4. The molecule has 0 aliphatic carbocycles. The molecule has 1 heterocycles. The van der Waals surface area contributed by atoms with E-state index in [9.17, 15) is 9.59 Å². The molecule has 6 heteroatoms. The minimum Gasteiger partial charge on any atom is -0.484 e. The van der Waals surface area contributed by atoms with Gasteiger partial charge in [-0.1, -0.05) is 17.7 Å². The number of aryl methyl sites for hydroxylation is 2. The number of rotatable bonds is 6. The van der Waals surface area contributed by atoms with Crippen LogP contribution in [0.5, 0.6) is 5.75 Å². The van der Waals surface area contributed by atoms with Gasteiger partial charge in [-0.25, -0.2) is 0 Å². The van der Waals surface area contributed by atoms with Gasteiger partial charge in [-0.3, -0.25) is 9.59 Å². The van der Waals surface area contributed by atoms with Crippen molar-refractivity contribution >= 4 is 11.9 Å². The molecule has 0 aromatic heterocycles. The summed E-state index contributed by atoms with van der Waals surface area (Å²) in [5, 5.41) is 11.7. The molecule has 0 saturated carbocycles. The van der Waals surface area contributed by atoms with Crippen LogP contribution >= 0.6 is 0 Å². The third-order valence-corrected chi connectivity index (χ3v) is 3.69. The predicted octanol–water partition coefficient (Wildman–Crippen LogP) is 1.43. The third-order valence-electron chi connectivity index (χ3n) is 3.69. The summed E-state index contributed by atoms with van der Waals surface area (Å²) in [4.78, 5) is 23.0. The molecule has 22 heavy (non-hydrogen) atoms. The lowest BCUT2D eigenvalue weighted by Crippen LogP contribution is -2.51. The second-order valence-corrected chi connectivity index (χ2v) is 5.76. The number of carbonyl (C=O) groups is 2. The molecular formula is C16H21NO5. The first kappa shape index (κ1) is 16.3. The van der Waals surface area contributed by atoms with Gasteiger partial charge in [0.1, 0.15) is 5.75 Å². The smallest absolute Gasteiger partial charge is 0.305 e. The molecule has 1 saturated heterocycles. The van der Waals surface area contributed by atoms with Crippen molar-refractivity contribution in [3.05, 3.63) is 29.3 Å². The largest absolute Gasteiger partial charge is 0.484 e. The number of nitrogens with one attached hydrogen (secondary N) is 1. The Morgan fingerprint density at radius 1 is 1.41 bits per heavy atom. The molecule has 2 rings (SSSR count). The summed E-state index contributed by atoms with van der Waals surface area (Å²) in [5.74, 6) is -0.650. The predicted molar refractivity (Wildman–Crippen MR) is 80.0 cm³/mol. The molecule has 0 radical (unpaired) electrons. The van der Waals surface area contributed by atoms with Crippen molar-refractivity contribution < 1.29 is 24.2 Å². The summed E-state index contributed by atoms with van der Waals surface area (Å²) in [7, 11) is 0. The summed E-state index contributed by atoms with van der Waals surface area (Å²) < 4.78 is 10.8. The van der Waals surface area contributed by atoms with E-state index in [4.69, 9.17) is 14.6 Å². The fourth-order valence-corrected chi connectivity index (χ4v) is 2.62. The minimum absolute atomic E-state index is 0.148. The number of aliphatic carboxylic acids is 1. The zero-order chi connectivity index (χ0) is 16.2. The topological polar surface area (TPSA) is 84.9 Å². The van der Waals surface area contributed by atoms with Gasteiger partial charge in [-0.15, -0.1) is 0 Å². The van der Waals surface area contributed by atoms with Crippen LogP contribution < -0.4 is 10.1 Å². The zero-order valence-corrected chi connectivity index (χ0v) is 12.8. The van der Waals surface area contributed by atoms with E-state index in [1.165, 1.54) is 0 Å². The molecule has 0 spiro atoms. The van der Waals surface area contributed by atoms with Crippen LogP contribution in [0.25, 0.3) is 0 Å². The summed E-state index contributed by atoms with van der Waals surface area (Å²) in [6.45, 7) is 4.42. The lowest BCUT2D eigenvalue weighted by atomic mass is 9.94. The molecular weight excluding hydrogens is 286 g/mol. The number of benzene rings is 1. The van der Waals surface area contributed by atoms with Crippen molar-refractivity contribution in [1.29, 1.82) is 0 Å². The van der Waals surface area contributed by atoms with Gasteiger partial charge < -0.3 is 19.9 Å². The molecule has 1 fully saturated rings. The molecule has 1 aromatic carbocycles. The van der Waals surface area contributed by atoms with Crippen molar-refractivity contribution in [2.75, 3.05) is 19.8 Å². The Hall–Kier alpha value is -2.08. The van der Waals surface area contributed by atoms with Crippen LogP contribution in [0.4, 0.5) is 0 Å². The molecule has 1 aliphatic rings. The van der Waals surface area contributed by atoms with Crippen LogP contribution in [-0.2, 0) is 14.3 Å². The first-order valence-electron chi connectivity index (χ1n) is 7.21. The molecule has 1 aromatic rings. The van der Waals surface area contributed by atoms with Gasteiger partial charge >= 0.3 is 5.97 Å². The van der Waals surface area contributed by atoms with Crippen LogP contribution in [0.15, 0.2) is 18.2 Å². The summed E-state index contributed by atoms with van der Waals surface area (Å²) in [6, 6.07) is 5.71. The van der Waals surface area contributed by atoms with Crippen molar-refractivity contribution in [1.82, 2.24) is 5.32 Å². The minimum atomic E-state index is -0.957. The standard InChI is InChI=1S/C16H21NO5/c1-11-3-4-13(12(2)7-11)22-9-14(18)17-16(8-15(19)20)5-6-21-10-16/h3-4,7H,5-6,8-10H2,1-2H3,(H,17,18)(H,19,20). The highest BCUT2D eigenvalue weighted by molar-refractivity contribution is 5.79. The van der Waals surface area contributed by atoms with E-state index in [0.717, 1.165) is 11.1 Å². The number of carbonyl (C=O) groups excluding carboxylic acids is 1. The SMILES string of the molecule is Cc1ccc(OCC(=O)NC2(CC(=O)O)CCOC2)c(C)c1. The molecule has 1 amide bonds. The lowest BCUT2D eigenvalue weighted by Gasteiger charge is -2.27. The van der Waals surface area contributed by atoms with E-state index in [-0.39, 0.29) is 25.5 Å². The fraction of sp³-hybridized carbons (Fsp3) is 0.500. The van der Waals surface area contributed by atoms with E-state index in [1.807, 2.05) is 32.0 Å². The molecule has 0 bridgehead atoms. The molecule has 6 nitrogen and oxygen atoms in total. The van der Waals surface area contributed by atoms with Crippen LogP contribution in [0, 0.1) is 13.8 Å². The first-order valence-corrected chi connectivity index (χ1v) is 7.21. The van der Waals surface area contributed by atoms with E-state index < -0.39 is 11.5 Å². The van der Waals surface area contributed by atoms with Crippen LogP contribution in [0.2, 0.25) is 0 Å². The number of carboxylic acids is 1. The zero-order valence-electron chi connectivity index (χ0n) is 12.8. The Bertz CT molecular complexity index is 564.